The molecule has 12 aromatic carbocycles. The van der Waals surface area contributed by atoms with E-state index in [0.29, 0.717) is 0 Å². The summed E-state index contributed by atoms with van der Waals surface area (Å²) in [5.74, 6) is 0. The minimum absolute atomic E-state index is 0.527. The van der Waals surface area contributed by atoms with Crippen LogP contribution in [0.2, 0.25) is 0 Å². The van der Waals surface area contributed by atoms with Crippen LogP contribution in [0.15, 0.2) is 218 Å². The lowest BCUT2D eigenvalue weighted by Gasteiger charge is -2.33. The van der Waals surface area contributed by atoms with Gasteiger partial charge in [-0.1, -0.05) is 206 Å². The SMILES string of the molecule is c1cc(-c2ccc3c4c(c5ccccc5c3c2)-c2c(c3ccccc3c3ccccc23)C42c3ccccc3-c3ccccc32)cc(-c2ccc3c4c(cccc24)-c2ccccc2-3)c1. The van der Waals surface area contributed by atoms with E-state index in [4.69, 9.17) is 0 Å². The van der Waals surface area contributed by atoms with Crippen LogP contribution in [0.4, 0.5) is 0 Å². The molecule has 3 aliphatic carbocycles. The van der Waals surface area contributed by atoms with Gasteiger partial charge >= 0.3 is 0 Å². The summed E-state index contributed by atoms with van der Waals surface area (Å²) >= 11 is 0. The van der Waals surface area contributed by atoms with Gasteiger partial charge in [-0.25, -0.2) is 0 Å². The second kappa shape index (κ2) is 12.1. The molecule has 0 fully saturated rings. The van der Waals surface area contributed by atoms with Crippen molar-refractivity contribution in [3.63, 3.8) is 0 Å². The fourth-order valence-corrected chi connectivity index (χ4v) is 12.6. The Morgan fingerprint density at radius 2 is 0.651 bits per heavy atom. The Balaban J connectivity index is 1.03. The predicted octanol–water partition coefficient (Wildman–Crippen LogP) is 16.8. The summed E-state index contributed by atoms with van der Waals surface area (Å²) in [6, 6.07) is 82.8. The molecule has 63 heavy (non-hydrogen) atoms. The van der Waals surface area contributed by atoms with Crippen LogP contribution >= 0.6 is 0 Å². The Labute approximate surface area is 365 Å². The number of rotatable bonds is 2. The molecule has 0 nitrogen and oxygen atoms in total. The van der Waals surface area contributed by atoms with E-state index >= 15 is 0 Å². The van der Waals surface area contributed by atoms with Gasteiger partial charge in [0.15, 0.2) is 0 Å². The Morgan fingerprint density at radius 1 is 0.222 bits per heavy atom. The average Bonchev–Trinajstić information content (AvgIpc) is 3.97. The maximum absolute atomic E-state index is 2.49. The Hall–Kier alpha value is -8.06. The second-order valence-electron chi connectivity index (χ2n) is 17.8. The van der Waals surface area contributed by atoms with E-state index in [1.54, 1.807) is 0 Å². The molecule has 0 atom stereocenters. The zero-order valence-electron chi connectivity index (χ0n) is 34.3. The van der Waals surface area contributed by atoms with Crippen molar-refractivity contribution < 1.29 is 0 Å². The summed E-state index contributed by atoms with van der Waals surface area (Å²) in [6.07, 6.45) is 0. The molecule has 0 aromatic heterocycles. The molecule has 1 spiro atoms. The van der Waals surface area contributed by atoms with Crippen molar-refractivity contribution in [1.29, 1.82) is 0 Å². The van der Waals surface area contributed by atoms with Gasteiger partial charge in [-0.15, -0.1) is 0 Å². The van der Waals surface area contributed by atoms with Crippen molar-refractivity contribution in [3.05, 3.63) is 241 Å². The van der Waals surface area contributed by atoms with Gasteiger partial charge in [-0.3, -0.25) is 0 Å². The largest absolute Gasteiger partial charge is 0.0738 e. The van der Waals surface area contributed by atoms with Crippen LogP contribution in [0.5, 0.6) is 0 Å². The van der Waals surface area contributed by atoms with Crippen LogP contribution in [-0.2, 0) is 5.41 Å². The maximum Gasteiger partial charge on any atom is 0.0738 e. The average molecular weight is 793 g/mol. The molecule has 0 unspecified atom stereocenters. The van der Waals surface area contributed by atoms with E-state index in [2.05, 4.69) is 218 Å². The van der Waals surface area contributed by atoms with Crippen molar-refractivity contribution >= 4 is 53.9 Å². The highest BCUT2D eigenvalue weighted by molar-refractivity contribution is 6.28. The summed E-state index contributed by atoms with van der Waals surface area (Å²) in [6.45, 7) is 0. The van der Waals surface area contributed by atoms with E-state index in [-0.39, 0.29) is 0 Å². The molecule has 0 saturated carbocycles. The molecule has 0 amide bonds. The Morgan fingerprint density at radius 3 is 1.32 bits per heavy atom. The normalized spacial score (nSPS) is 13.5. The van der Waals surface area contributed by atoms with Gasteiger partial charge in [0.05, 0.1) is 5.41 Å². The van der Waals surface area contributed by atoms with Crippen molar-refractivity contribution in [3.8, 4) is 66.8 Å². The van der Waals surface area contributed by atoms with E-state index < -0.39 is 5.41 Å². The standard InChI is InChI=1S/C63H36/c1-2-18-42-41(17-1)49-28-14-27-48-40(33-34-52(42)58(48)49)39-16-13-15-37(35-39)38-31-32-54-55(36-38)45-21-4-7-25-51(45)60-59-50-24-6-3-19-43(50)44-20-5-8-26-53(44)61(59)63(62(54)60)56-29-11-9-22-46(56)47-23-10-12-30-57(47)63/h1-36H. The quantitative estimate of drug-likeness (QED) is 0.153. The number of hydrogen-bond donors (Lipinski definition) is 0. The molecule has 0 heterocycles. The zero-order chi connectivity index (χ0) is 41.0. The zero-order valence-corrected chi connectivity index (χ0v) is 34.3. The van der Waals surface area contributed by atoms with Crippen LogP contribution in [0.25, 0.3) is 121 Å². The molecule has 0 heteroatoms. The highest BCUT2D eigenvalue weighted by Crippen LogP contribution is 2.68. The number of fused-ring (bicyclic) bond motifs is 23. The third-order valence-electron chi connectivity index (χ3n) is 15.0. The van der Waals surface area contributed by atoms with Crippen LogP contribution < -0.4 is 0 Å². The number of benzene rings is 12. The predicted molar refractivity (Wildman–Crippen MR) is 266 cm³/mol. The summed E-state index contributed by atoms with van der Waals surface area (Å²) < 4.78 is 0. The Bertz CT molecular complexity index is 3960. The number of hydrogen-bond acceptors (Lipinski definition) is 0. The highest BCUT2D eigenvalue weighted by Gasteiger charge is 2.54. The lowest BCUT2D eigenvalue weighted by molar-refractivity contribution is 0.810. The molecule has 15 rings (SSSR count). The third-order valence-corrected chi connectivity index (χ3v) is 15.0. The summed E-state index contributed by atoms with van der Waals surface area (Å²) in [5.41, 5.74) is 20.7. The molecule has 0 aliphatic heterocycles. The topological polar surface area (TPSA) is 0 Å². The molecule has 0 saturated heterocycles. The van der Waals surface area contributed by atoms with E-state index in [9.17, 15) is 0 Å². The molecule has 0 bridgehead atoms. The fraction of sp³-hybridized carbons (Fsp3) is 0.0159. The first-order valence-electron chi connectivity index (χ1n) is 22.2. The Kier molecular flexibility index (Phi) is 6.44. The minimum atomic E-state index is -0.527. The van der Waals surface area contributed by atoms with Crippen LogP contribution in [0.3, 0.4) is 0 Å². The van der Waals surface area contributed by atoms with Crippen molar-refractivity contribution in [2.24, 2.45) is 0 Å². The van der Waals surface area contributed by atoms with Gasteiger partial charge in [-0.2, -0.15) is 0 Å². The molecule has 12 aromatic rings. The van der Waals surface area contributed by atoms with Gasteiger partial charge in [-0.05, 0) is 155 Å². The maximum atomic E-state index is 2.49. The first-order chi connectivity index (χ1) is 31.3. The van der Waals surface area contributed by atoms with Crippen LogP contribution in [-0.4, -0.2) is 0 Å². The van der Waals surface area contributed by atoms with Gasteiger partial charge < -0.3 is 0 Å². The minimum Gasteiger partial charge on any atom is -0.0619 e. The fourth-order valence-electron chi connectivity index (χ4n) is 12.6. The lowest BCUT2D eigenvalue weighted by atomic mass is 9.68. The first-order valence-corrected chi connectivity index (χ1v) is 22.2. The van der Waals surface area contributed by atoms with Gasteiger partial charge in [0.25, 0.3) is 0 Å². The molecular formula is C63H36. The first kappa shape index (κ1) is 33.6. The second-order valence-corrected chi connectivity index (χ2v) is 17.8. The van der Waals surface area contributed by atoms with E-state index in [0.717, 1.165) is 0 Å². The van der Waals surface area contributed by atoms with E-state index in [1.807, 2.05) is 0 Å². The van der Waals surface area contributed by atoms with Crippen molar-refractivity contribution in [1.82, 2.24) is 0 Å². The lowest BCUT2D eigenvalue weighted by Crippen LogP contribution is -2.26. The van der Waals surface area contributed by atoms with Gasteiger partial charge in [0.1, 0.15) is 0 Å². The molecule has 288 valence electrons. The van der Waals surface area contributed by atoms with Gasteiger partial charge in [0.2, 0.25) is 0 Å². The van der Waals surface area contributed by atoms with Gasteiger partial charge in [0, 0.05) is 0 Å². The van der Waals surface area contributed by atoms with Crippen molar-refractivity contribution in [2.75, 3.05) is 0 Å². The molecule has 0 N–H and O–H groups in total. The van der Waals surface area contributed by atoms with Crippen molar-refractivity contribution in [2.45, 2.75) is 5.41 Å². The van der Waals surface area contributed by atoms with E-state index in [1.165, 1.54) is 143 Å². The van der Waals surface area contributed by atoms with Crippen LogP contribution in [0.1, 0.15) is 22.3 Å². The third kappa shape index (κ3) is 4.12. The summed E-state index contributed by atoms with van der Waals surface area (Å²) in [5, 5.41) is 13.1. The summed E-state index contributed by atoms with van der Waals surface area (Å²) in [4.78, 5) is 0. The molecule has 3 aliphatic rings. The van der Waals surface area contributed by atoms with Crippen LogP contribution in [0, 0.1) is 0 Å². The molecule has 0 radical (unpaired) electrons. The highest BCUT2D eigenvalue weighted by atomic mass is 14.5. The monoisotopic (exact) mass is 792 g/mol. The molecular weight excluding hydrogens is 757 g/mol. The summed E-state index contributed by atoms with van der Waals surface area (Å²) in [7, 11) is 0. The smallest absolute Gasteiger partial charge is 0.0619 e.